The molecule has 0 radical (unpaired) electrons. The van der Waals surface area contributed by atoms with Crippen LogP contribution in [0.3, 0.4) is 0 Å². The van der Waals surface area contributed by atoms with Crippen molar-refractivity contribution in [3.8, 4) is 11.5 Å². The minimum Gasteiger partial charge on any atom is -0.457 e. The second-order valence-corrected chi connectivity index (χ2v) is 7.92. The van der Waals surface area contributed by atoms with E-state index >= 15 is 0 Å². The molecule has 0 aliphatic rings. The van der Waals surface area contributed by atoms with Gasteiger partial charge in [0.15, 0.2) is 6.29 Å². The molecule has 0 aliphatic heterocycles. The zero-order chi connectivity index (χ0) is 27.2. The number of carbonyl (C=O) groups excluding carboxylic acids is 1. The Morgan fingerprint density at radius 2 is 1.43 bits per heavy atom. The Balaban J connectivity index is 0.00000121. The number of nitrogens with one attached hydrogen (secondary N) is 3. The number of hydrogen-bond donors (Lipinski definition) is 3. The highest BCUT2D eigenvalue weighted by Crippen LogP contribution is 2.37. The standard InChI is InChI=1S/C23H13ClF3N3O4.C2H7N/c24-18-6-3-13(10-17(18)23(25,26)27)30-20-19(21(32)22(20)33)29-12-1-4-15(5-2-12)34-16-7-8-28-14(9-16)11-31;1-3-2/h1-11,29-30H;3H,1-2H3. The molecule has 3 N–H and O–H groups in total. The zero-order valence-electron chi connectivity index (χ0n) is 19.4. The Bertz CT molecular complexity index is 1470. The molecule has 4 aromatic rings. The summed E-state index contributed by atoms with van der Waals surface area (Å²) >= 11 is 5.61. The third-order valence-corrected chi connectivity index (χ3v) is 5.01. The number of alkyl halides is 3. The van der Waals surface area contributed by atoms with Gasteiger partial charge >= 0.3 is 6.18 Å². The van der Waals surface area contributed by atoms with Gasteiger partial charge in [-0.3, -0.25) is 19.4 Å². The molecule has 0 unspecified atom stereocenters. The molecule has 8 nitrogen and oxygen atoms in total. The monoisotopic (exact) mass is 532 g/mol. The van der Waals surface area contributed by atoms with Gasteiger partial charge in [-0.15, -0.1) is 0 Å². The quantitative estimate of drug-likeness (QED) is 0.218. The van der Waals surface area contributed by atoms with E-state index in [1.807, 2.05) is 14.1 Å². The lowest BCUT2D eigenvalue weighted by Gasteiger charge is -2.17. The number of nitrogens with zero attached hydrogens (tertiary/aromatic N) is 1. The Morgan fingerprint density at radius 1 is 0.865 bits per heavy atom. The van der Waals surface area contributed by atoms with Crippen LogP contribution in [0.15, 0.2) is 70.4 Å². The van der Waals surface area contributed by atoms with Crippen LogP contribution in [0.1, 0.15) is 16.1 Å². The van der Waals surface area contributed by atoms with Gasteiger partial charge in [0.25, 0.3) is 10.9 Å². The summed E-state index contributed by atoms with van der Waals surface area (Å²) in [5.74, 6) is 0.825. The molecule has 0 fully saturated rings. The van der Waals surface area contributed by atoms with E-state index in [2.05, 4.69) is 20.9 Å². The molecular weight excluding hydrogens is 513 g/mol. The molecule has 3 aromatic carbocycles. The number of aldehydes is 1. The maximum Gasteiger partial charge on any atom is 0.417 e. The molecule has 12 heteroatoms. The van der Waals surface area contributed by atoms with Gasteiger partial charge < -0.3 is 20.7 Å². The number of carbonyl (C=O) groups is 1. The number of benzene rings is 2. The molecule has 1 heterocycles. The van der Waals surface area contributed by atoms with Crippen molar-refractivity contribution >= 4 is 40.6 Å². The first kappa shape index (κ1) is 27.4. The highest BCUT2D eigenvalue weighted by Gasteiger charge is 2.33. The molecule has 1 aromatic heterocycles. The van der Waals surface area contributed by atoms with E-state index in [1.165, 1.54) is 18.3 Å². The van der Waals surface area contributed by atoms with Crippen molar-refractivity contribution in [2.45, 2.75) is 6.18 Å². The predicted octanol–water partition coefficient (Wildman–Crippen LogP) is 5.28. The van der Waals surface area contributed by atoms with Crippen molar-refractivity contribution in [1.82, 2.24) is 10.3 Å². The van der Waals surface area contributed by atoms with Crippen LogP contribution in [-0.2, 0) is 6.18 Å². The SMILES string of the molecule is CNC.O=Cc1cc(Oc2ccc(Nc3c(Nc4ccc(Cl)c(C(F)(F)F)c4)c(=O)c3=O)cc2)ccn1. The first-order valence-corrected chi connectivity index (χ1v) is 11.0. The molecule has 0 aliphatic carbocycles. The molecule has 0 atom stereocenters. The number of aromatic nitrogens is 1. The molecule has 37 heavy (non-hydrogen) atoms. The summed E-state index contributed by atoms with van der Waals surface area (Å²) in [5, 5.41) is 7.60. The molecule has 0 bridgehead atoms. The van der Waals surface area contributed by atoms with E-state index in [0.29, 0.717) is 23.5 Å². The lowest BCUT2D eigenvalue weighted by atomic mass is 10.1. The lowest BCUT2D eigenvalue weighted by molar-refractivity contribution is -0.137. The summed E-state index contributed by atoms with van der Waals surface area (Å²) in [7, 11) is 3.75. The number of halogens is 4. The first-order valence-electron chi connectivity index (χ1n) is 10.6. The second-order valence-electron chi connectivity index (χ2n) is 7.51. The molecule has 0 spiro atoms. The van der Waals surface area contributed by atoms with Crippen molar-refractivity contribution in [2.24, 2.45) is 0 Å². The summed E-state index contributed by atoms with van der Waals surface area (Å²) in [6.07, 6.45) is -2.67. The summed E-state index contributed by atoms with van der Waals surface area (Å²) in [4.78, 5) is 38.7. The third kappa shape index (κ3) is 6.72. The fourth-order valence-electron chi connectivity index (χ4n) is 3.04. The summed E-state index contributed by atoms with van der Waals surface area (Å²) in [6.45, 7) is 0. The summed E-state index contributed by atoms with van der Waals surface area (Å²) in [6, 6.07) is 12.4. The van der Waals surface area contributed by atoms with Gasteiger partial charge in [-0.25, -0.2) is 0 Å². The number of rotatable bonds is 7. The smallest absolute Gasteiger partial charge is 0.417 e. The Kier molecular flexibility index (Phi) is 8.64. The largest absolute Gasteiger partial charge is 0.457 e. The number of anilines is 4. The average molecular weight is 533 g/mol. The minimum absolute atomic E-state index is 0.0531. The van der Waals surface area contributed by atoms with Gasteiger partial charge in [0, 0.05) is 23.6 Å². The van der Waals surface area contributed by atoms with Gasteiger partial charge in [-0.2, -0.15) is 13.2 Å². The maximum atomic E-state index is 13.1. The predicted molar refractivity (Wildman–Crippen MR) is 135 cm³/mol. The topological polar surface area (TPSA) is 109 Å². The fraction of sp³-hybridized carbons (Fsp3) is 0.120. The van der Waals surface area contributed by atoms with Crippen molar-refractivity contribution in [3.05, 3.63) is 97.5 Å². The molecule has 0 saturated heterocycles. The van der Waals surface area contributed by atoms with Crippen LogP contribution in [0.4, 0.5) is 35.9 Å². The Morgan fingerprint density at radius 3 is 2.00 bits per heavy atom. The average Bonchev–Trinajstić information content (AvgIpc) is 2.87. The van der Waals surface area contributed by atoms with Crippen LogP contribution < -0.4 is 31.5 Å². The lowest BCUT2D eigenvalue weighted by Crippen LogP contribution is -2.35. The van der Waals surface area contributed by atoms with Crippen LogP contribution in [-0.4, -0.2) is 25.4 Å². The van der Waals surface area contributed by atoms with Crippen molar-refractivity contribution in [1.29, 1.82) is 0 Å². The van der Waals surface area contributed by atoms with Crippen molar-refractivity contribution in [3.63, 3.8) is 0 Å². The fourth-order valence-corrected chi connectivity index (χ4v) is 3.26. The second kappa shape index (κ2) is 11.7. The van der Waals surface area contributed by atoms with E-state index in [1.54, 1.807) is 30.3 Å². The maximum absolute atomic E-state index is 13.1. The molecule has 0 amide bonds. The van der Waals surface area contributed by atoms with Crippen LogP contribution in [0, 0.1) is 0 Å². The molecule has 0 saturated carbocycles. The van der Waals surface area contributed by atoms with E-state index in [0.717, 1.165) is 12.1 Å². The van der Waals surface area contributed by atoms with Crippen LogP contribution in [0.5, 0.6) is 11.5 Å². The van der Waals surface area contributed by atoms with E-state index in [4.69, 9.17) is 16.3 Å². The molecule has 192 valence electrons. The highest BCUT2D eigenvalue weighted by molar-refractivity contribution is 6.31. The third-order valence-electron chi connectivity index (χ3n) is 4.68. The summed E-state index contributed by atoms with van der Waals surface area (Å²) in [5.41, 5.74) is -2.43. The van der Waals surface area contributed by atoms with E-state index in [-0.39, 0.29) is 22.8 Å². The van der Waals surface area contributed by atoms with Crippen LogP contribution in [0.2, 0.25) is 5.02 Å². The van der Waals surface area contributed by atoms with Gasteiger partial charge in [-0.1, -0.05) is 11.6 Å². The van der Waals surface area contributed by atoms with E-state index in [9.17, 15) is 27.6 Å². The highest BCUT2D eigenvalue weighted by atomic mass is 35.5. The van der Waals surface area contributed by atoms with E-state index < -0.39 is 27.6 Å². The van der Waals surface area contributed by atoms with Crippen molar-refractivity contribution in [2.75, 3.05) is 24.7 Å². The van der Waals surface area contributed by atoms with Gasteiger partial charge in [0.1, 0.15) is 28.6 Å². The first-order chi connectivity index (χ1) is 17.6. The van der Waals surface area contributed by atoms with Gasteiger partial charge in [-0.05, 0) is 62.6 Å². The van der Waals surface area contributed by atoms with Crippen LogP contribution >= 0.6 is 11.6 Å². The Labute approximate surface area is 213 Å². The van der Waals surface area contributed by atoms with Gasteiger partial charge in [0.05, 0.1) is 10.6 Å². The van der Waals surface area contributed by atoms with Gasteiger partial charge in [0.2, 0.25) is 0 Å². The normalized spacial score (nSPS) is 10.9. The minimum atomic E-state index is -4.68. The van der Waals surface area contributed by atoms with Crippen LogP contribution in [0.25, 0.3) is 0 Å². The number of pyridine rings is 1. The number of hydrogen-bond acceptors (Lipinski definition) is 8. The summed E-state index contributed by atoms with van der Waals surface area (Å²) < 4.78 is 44.9. The van der Waals surface area contributed by atoms with Crippen molar-refractivity contribution < 1.29 is 22.7 Å². The number of ether oxygens (including phenoxy) is 1. The molecular formula is C25H20ClF3N4O4. The molecule has 4 rings (SSSR count). The Hall–Kier alpha value is -4.22. The zero-order valence-corrected chi connectivity index (χ0v) is 20.2.